The Morgan fingerprint density at radius 1 is 1.18 bits per heavy atom. The van der Waals surface area contributed by atoms with Crippen LogP contribution in [0.25, 0.3) is 11.3 Å². The summed E-state index contributed by atoms with van der Waals surface area (Å²) in [7, 11) is 0. The normalized spacial score (nSPS) is 13.7. The summed E-state index contributed by atoms with van der Waals surface area (Å²) >= 11 is 0. The first-order valence-electron chi connectivity index (χ1n) is 5.06. The van der Waals surface area contributed by atoms with Crippen molar-refractivity contribution in [3.8, 4) is 22.8 Å². The lowest BCUT2D eigenvalue weighted by Crippen LogP contribution is -2.17. The summed E-state index contributed by atoms with van der Waals surface area (Å²) in [4.78, 5) is 0. The molecular weight excluding hydrogens is 227 g/mol. The van der Waals surface area contributed by atoms with E-state index >= 15 is 0 Å². The SMILES string of the molecule is Nc1cc(-c2ccc(F)c3c2OCCO3)on1. The van der Waals surface area contributed by atoms with Crippen molar-refractivity contribution >= 4 is 5.82 Å². The third kappa shape index (κ3) is 1.57. The van der Waals surface area contributed by atoms with E-state index in [-0.39, 0.29) is 11.6 Å². The molecule has 0 atom stereocenters. The standard InChI is InChI=1S/C11H9FN2O3/c12-7-2-1-6(8-5-9(13)14-17-8)10-11(7)16-4-3-15-10/h1-2,5H,3-4H2,(H2,13,14). The van der Waals surface area contributed by atoms with E-state index in [1.807, 2.05) is 0 Å². The van der Waals surface area contributed by atoms with E-state index in [1.54, 1.807) is 12.1 Å². The van der Waals surface area contributed by atoms with Gasteiger partial charge in [0.25, 0.3) is 0 Å². The molecule has 0 radical (unpaired) electrons. The van der Waals surface area contributed by atoms with Gasteiger partial charge in [-0.15, -0.1) is 0 Å². The summed E-state index contributed by atoms with van der Waals surface area (Å²) in [5, 5.41) is 3.58. The van der Waals surface area contributed by atoms with Crippen LogP contribution in [0.1, 0.15) is 0 Å². The Morgan fingerprint density at radius 2 is 1.94 bits per heavy atom. The fourth-order valence-corrected chi connectivity index (χ4v) is 1.71. The highest BCUT2D eigenvalue weighted by Crippen LogP contribution is 2.41. The number of rotatable bonds is 1. The molecule has 0 bridgehead atoms. The molecule has 0 saturated heterocycles. The summed E-state index contributed by atoms with van der Waals surface area (Å²) in [6.45, 7) is 0.693. The van der Waals surface area contributed by atoms with Crippen LogP contribution in [0.5, 0.6) is 11.5 Å². The summed E-state index contributed by atoms with van der Waals surface area (Å²) in [5.74, 6) is 0.645. The van der Waals surface area contributed by atoms with Gasteiger partial charge >= 0.3 is 0 Å². The van der Waals surface area contributed by atoms with E-state index in [9.17, 15) is 4.39 Å². The minimum atomic E-state index is -0.462. The molecule has 0 fully saturated rings. The third-order valence-corrected chi connectivity index (χ3v) is 2.43. The van der Waals surface area contributed by atoms with Crippen molar-refractivity contribution in [3.63, 3.8) is 0 Å². The molecule has 6 heteroatoms. The molecule has 0 unspecified atom stereocenters. The van der Waals surface area contributed by atoms with Crippen LogP contribution < -0.4 is 15.2 Å². The largest absolute Gasteiger partial charge is 0.485 e. The van der Waals surface area contributed by atoms with Crippen LogP contribution in [-0.4, -0.2) is 18.4 Å². The van der Waals surface area contributed by atoms with Crippen LogP contribution in [0.3, 0.4) is 0 Å². The van der Waals surface area contributed by atoms with E-state index in [1.165, 1.54) is 6.07 Å². The Balaban J connectivity index is 2.17. The quantitative estimate of drug-likeness (QED) is 0.817. The minimum Gasteiger partial charge on any atom is -0.485 e. The Hall–Kier alpha value is -2.24. The number of fused-ring (bicyclic) bond motifs is 1. The first-order chi connectivity index (χ1) is 8.25. The van der Waals surface area contributed by atoms with Crippen molar-refractivity contribution in [2.24, 2.45) is 0 Å². The highest BCUT2D eigenvalue weighted by Gasteiger charge is 2.23. The molecule has 2 N–H and O–H groups in total. The van der Waals surface area contributed by atoms with E-state index in [0.717, 1.165) is 0 Å². The van der Waals surface area contributed by atoms with Gasteiger partial charge < -0.3 is 19.7 Å². The van der Waals surface area contributed by atoms with Gasteiger partial charge in [-0.2, -0.15) is 0 Å². The van der Waals surface area contributed by atoms with Gasteiger partial charge in [-0.25, -0.2) is 4.39 Å². The number of halogens is 1. The molecule has 1 aliphatic heterocycles. The number of aromatic nitrogens is 1. The van der Waals surface area contributed by atoms with Crippen molar-refractivity contribution in [3.05, 3.63) is 24.0 Å². The van der Waals surface area contributed by atoms with Crippen LogP contribution in [0.2, 0.25) is 0 Å². The van der Waals surface area contributed by atoms with Gasteiger partial charge in [-0.05, 0) is 12.1 Å². The van der Waals surface area contributed by atoms with Crippen molar-refractivity contribution in [1.29, 1.82) is 0 Å². The molecule has 0 saturated carbocycles. The summed E-state index contributed by atoms with van der Waals surface area (Å²) < 4.78 is 29.2. The molecular formula is C11H9FN2O3. The molecule has 0 aliphatic carbocycles. The second kappa shape index (κ2) is 3.65. The van der Waals surface area contributed by atoms with Crippen LogP contribution in [0, 0.1) is 5.82 Å². The zero-order chi connectivity index (χ0) is 11.8. The van der Waals surface area contributed by atoms with Crippen LogP contribution in [0.15, 0.2) is 22.7 Å². The average molecular weight is 236 g/mol. The lowest BCUT2D eigenvalue weighted by Gasteiger charge is -2.20. The molecule has 17 heavy (non-hydrogen) atoms. The fourth-order valence-electron chi connectivity index (χ4n) is 1.71. The van der Waals surface area contributed by atoms with E-state index in [4.69, 9.17) is 19.7 Å². The van der Waals surface area contributed by atoms with Crippen LogP contribution in [-0.2, 0) is 0 Å². The van der Waals surface area contributed by atoms with Gasteiger partial charge in [0.15, 0.2) is 28.9 Å². The molecule has 2 aromatic rings. The van der Waals surface area contributed by atoms with Gasteiger partial charge in [0.1, 0.15) is 13.2 Å². The number of benzene rings is 1. The molecule has 1 aliphatic rings. The Labute approximate surface area is 95.9 Å². The molecule has 1 aromatic carbocycles. The monoisotopic (exact) mass is 236 g/mol. The average Bonchev–Trinajstić information content (AvgIpc) is 2.77. The molecule has 3 rings (SSSR count). The van der Waals surface area contributed by atoms with Crippen molar-refractivity contribution in [2.75, 3.05) is 18.9 Å². The topological polar surface area (TPSA) is 70.5 Å². The van der Waals surface area contributed by atoms with Crippen molar-refractivity contribution < 1.29 is 18.4 Å². The molecule has 88 valence electrons. The van der Waals surface area contributed by atoms with Crippen molar-refractivity contribution in [1.82, 2.24) is 5.16 Å². The lowest BCUT2D eigenvalue weighted by molar-refractivity contribution is 0.165. The zero-order valence-corrected chi connectivity index (χ0v) is 8.77. The summed E-state index contributed by atoms with van der Waals surface area (Å²) in [5.41, 5.74) is 6.05. The Kier molecular flexibility index (Phi) is 2.14. The maximum Gasteiger partial charge on any atom is 0.197 e. The Morgan fingerprint density at radius 3 is 2.65 bits per heavy atom. The predicted molar refractivity (Wildman–Crippen MR) is 57.3 cm³/mol. The predicted octanol–water partition coefficient (Wildman–Crippen LogP) is 1.83. The molecule has 0 amide bonds. The molecule has 1 aromatic heterocycles. The zero-order valence-electron chi connectivity index (χ0n) is 8.77. The minimum absolute atomic E-state index is 0.101. The van der Waals surface area contributed by atoms with E-state index in [2.05, 4.69) is 5.16 Å². The highest BCUT2D eigenvalue weighted by molar-refractivity contribution is 5.71. The van der Waals surface area contributed by atoms with Gasteiger partial charge in [0.05, 0.1) is 5.56 Å². The first-order valence-corrected chi connectivity index (χ1v) is 5.06. The van der Waals surface area contributed by atoms with Crippen molar-refractivity contribution in [2.45, 2.75) is 0 Å². The first kappa shape index (κ1) is 9.95. The van der Waals surface area contributed by atoms with Crippen LogP contribution >= 0.6 is 0 Å². The maximum absolute atomic E-state index is 13.5. The summed E-state index contributed by atoms with van der Waals surface area (Å²) in [6, 6.07) is 4.38. The maximum atomic E-state index is 13.5. The molecule has 2 heterocycles. The number of nitrogens with zero attached hydrogens (tertiary/aromatic N) is 1. The second-order valence-corrected chi connectivity index (χ2v) is 3.57. The smallest absolute Gasteiger partial charge is 0.197 e. The molecule has 0 spiro atoms. The van der Waals surface area contributed by atoms with Gasteiger partial charge in [0, 0.05) is 6.07 Å². The fraction of sp³-hybridized carbons (Fsp3) is 0.182. The van der Waals surface area contributed by atoms with E-state index < -0.39 is 5.82 Å². The van der Waals surface area contributed by atoms with Gasteiger partial charge in [-0.1, -0.05) is 5.16 Å². The van der Waals surface area contributed by atoms with E-state index in [0.29, 0.717) is 30.3 Å². The van der Waals surface area contributed by atoms with Gasteiger partial charge in [-0.3, -0.25) is 0 Å². The number of anilines is 1. The molecule has 5 nitrogen and oxygen atoms in total. The Bertz CT molecular complexity index is 568. The number of nitrogens with two attached hydrogens (primary N) is 1. The third-order valence-electron chi connectivity index (χ3n) is 2.43. The number of ether oxygens (including phenoxy) is 2. The lowest BCUT2D eigenvalue weighted by atomic mass is 10.1. The summed E-state index contributed by atoms with van der Waals surface area (Å²) in [6.07, 6.45) is 0. The van der Waals surface area contributed by atoms with Gasteiger partial charge in [0.2, 0.25) is 0 Å². The number of hydrogen-bond donors (Lipinski definition) is 1. The second-order valence-electron chi connectivity index (χ2n) is 3.57. The number of nitrogen functional groups attached to an aromatic ring is 1. The highest BCUT2D eigenvalue weighted by atomic mass is 19.1. The van der Waals surface area contributed by atoms with Crippen LogP contribution in [0.4, 0.5) is 10.2 Å². The number of hydrogen-bond acceptors (Lipinski definition) is 5.